The lowest BCUT2D eigenvalue weighted by Crippen LogP contribution is -2.41. The van der Waals surface area contributed by atoms with Crippen LogP contribution in [0.3, 0.4) is 0 Å². The summed E-state index contributed by atoms with van der Waals surface area (Å²) in [5.74, 6) is 0. The molecule has 1 N–H and O–H groups in total. The van der Waals surface area contributed by atoms with Crippen LogP contribution in [0.1, 0.15) is 31.2 Å². The van der Waals surface area contributed by atoms with Crippen molar-refractivity contribution in [2.75, 3.05) is 6.54 Å². The minimum absolute atomic E-state index is 0.249. The van der Waals surface area contributed by atoms with Crippen molar-refractivity contribution in [2.24, 2.45) is 10.4 Å². The SMILES string of the molecule is Clc1cc(C2=CC3=CNCC4(CCCC4)C3=N2)ccn1. The highest BCUT2D eigenvalue weighted by Gasteiger charge is 2.43. The molecule has 0 bridgehead atoms. The second kappa shape index (κ2) is 4.45. The molecule has 0 unspecified atom stereocenters. The van der Waals surface area contributed by atoms with E-state index in [0.717, 1.165) is 17.8 Å². The molecule has 0 saturated heterocycles. The molecular weight excluding hydrogens is 270 g/mol. The zero-order valence-corrected chi connectivity index (χ0v) is 12.0. The number of aliphatic imine (C=N–C) groups is 1. The van der Waals surface area contributed by atoms with E-state index >= 15 is 0 Å². The zero-order chi connectivity index (χ0) is 13.6. The van der Waals surface area contributed by atoms with Gasteiger partial charge in [-0.15, -0.1) is 0 Å². The van der Waals surface area contributed by atoms with Gasteiger partial charge in [0.1, 0.15) is 5.15 Å². The Morgan fingerprint density at radius 3 is 2.90 bits per heavy atom. The van der Waals surface area contributed by atoms with Crippen LogP contribution in [-0.4, -0.2) is 17.2 Å². The molecule has 1 aromatic heterocycles. The van der Waals surface area contributed by atoms with Crippen molar-refractivity contribution in [3.63, 3.8) is 0 Å². The van der Waals surface area contributed by atoms with Gasteiger partial charge in [0.15, 0.2) is 0 Å². The number of fused-ring (bicyclic) bond motifs is 2. The lowest BCUT2D eigenvalue weighted by Gasteiger charge is -2.33. The van der Waals surface area contributed by atoms with Gasteiger partial charge in [-0.1, -0.05) is 24.4 Å². The Morgan fingerprint density at radius 1 is 1.25 bits per heavy atom. The molecule has 1 aliphatic carbocycles. The van der Waals surface area contributed by atoms with Gasteiger partial charge in [0.05, 0.1) is 11.4 Å². The predicted molar refractivity (Wildman–Crippen MR) is 81.6 cm³/mol. The van der Waals surface area contributed by atoms with Gasteiger partial charge in [-0.2, -0.15) is 0 Å². The van der Waals surface area contributed by atoms with Crippen LogP contribution in [0, 0.1) is 5.41 Å². The Bertz CT molecular complexity index is 651. The number of hydrogen-bond donors (Lipinski definition) is 1. The summed E-state index contributed by atoms with van der Waals surface area (Å²) in [6.07, 6.45) is 11.1. The first-order valence-corrected chi connectivity index (χ1v) is 7.51. The minimum Gasteiger partial charge on any atom is -0.389 e. The van der Waals surface area contributed by atoms with E-state index in [9.17, 15) is 0 Å². The van der Waals surface area contributed by atoms with Crippen LogP contribution in [0.4, 0.5) is 0 Å². The minimum atomic E-state index is 0.249. The van der Waals surface area contributed by atoms with E-state index in [0.29, 0.717) is 5.15 Å². The van der Waals surface area contributed by atoms with Gasteiger partial charge in [-0.25, -0.2) is 4.98 Å². The molecule has 0 radical (unpaired) electrons. The molecule has 2 aliphatic heterocycles. The molecule has 0 amide bonds. The van der Waals surface area contributed by atoms with Gasteiger partial charge in [0.2, 0.25) is 0 Å². The lowest BCUT2D eigenvalue weighted by atomic mass is 9.76. The van der Waals surface area contributed by atoms with Crippen molar-refractivity contribution < 1.29 is 0 Å². The van der Waals surface area contributed by atoms with Crippen LogP contribution in [0.25, 0.3) is 5.70 Å². The standard InChI is InChI=1S/C16H16ClN3/c17-14-8-11(3-6-19-14)13-7-12-9-18-10-16(15(12)20-13)4-1-2-5-16/h3,6-9,18H,1-2,4-5,10H2. The molecule has 0 aromatic carbocycles. The van der Waals surface area contributed by atoms with Crippen LogP contribution in [0.5, 0.6) is 0 Å². The molecule has 0 atom stereocenters. The number of nitrogens with zero attached hydrogens (tertiary/aromatic N) is 2. The molecule has 3 nitrogen and oxygen atoms in total. The van der Waals surface area contributed by atoms with Crippen molar-refractivity contribution >= 4 is 23.0 Å². The van der Waals surface area contributed by atoms with E-state index in [1.54, 1.807) is 6.20 Å². The number of nitrogens with one attached hydrogen (secondary N) is 1. The number of pyridine rings is 1. The molecule has 102 valence electrons. The first kappa shape index (κ1) is 12.2. The summed E-state index contributed by atoms with van der Waals surface area (Å²) in [5, 5.41) is 3.96. The second-order valence-electron chi connectivity index (χ2n) is 5.83. The molecule has 4 heteroatoms. The largest absolute Gasteiger partial charge is 0.389 e. The van der Waals surface area contributed by atoms with Crippen molar-refractivity contribution in [3.8, 4) is 0 Å². The number of hydrogen-bond acceptors (Lipinski definition) is 3. The highest BCUT2D eigenvalue weighted by atomic mass is 35.5. The summed E-state index contributed by atoms with van der Waals surface area (Å²) in [6, 6.07) is 3.85. The molecule has 1 fully saturated rings. The monoisotopic (exact) mass is 285 g/mol. The summed E-state index contributed by atoms with van der Waals surface area (Å²) in [5.41, 5.74) is 4.81. The van der Waals surface area contributed by atoms with Crippen molar-refractivity contribution in [2.45, 2.75) is 25.7 Å². The highest BCUT2D eigenvalue weighted by Crippen LogP contribution is 2.45. The van der Waals surface area contributed by atoms with Gasteiger partial charge < -0.3 is 5.32 Å². The second-order valence-corrected chi connectivity index (χ2v) is 6.21. The zero-order valence-electron chi connectivity index (χ0n) is 11.2. The maximum Gasteiger partial charge on any atom is 0.129 e. The Hall–Kier alpha value is -1.61. The maximum absolute atomic E-state index is 5.98. The summed E-state index contributed by atoms with van der Waals surface area (Å²) in [7, 11) is 0. The van der Waals surface area contributed by atoms with Crippen LogP contribution >= 0.6 is 11.6 Å². The van der Waals surface area contributed by atoms with Crippen LogP contribution in [0.2, 0.25) is 5.15 Å². The van der Waals surface area contributed by atoms with Crippen LogP contribution < -0.4 is 5.32 Å². The summed E-state index contributed by atoms with van der Waals surface area (Å²) in [6.45, 7) is 1.02. The van der Waals surface area contributed by atoms with Crippen LogP contribution in [-0.2, 0) is 0 Å². The van der Waals surface area contributed by atoms with Crippen molar-refractivity contribution in [3.05, 3.63) is 46.9 Å². The molecule has 1 saturated carbocycles. The fourth-order valence-electron chi connectivity index (χ4n) is 3.58. The Balaban J connectivity index is 1.76. The third kappa shape index (κ3) is 1.80. The molecule has 4 rings (SSSR count). The van der Waals surface area contributed by atoms with Crippen LogP contribution in [0.15, 0.2) is 41.2 Å². The Labute approximate surface area is 123 Å². The molecule has 1 aromatic rings. The molecular formula is C16H16ClN3. The third-order valence-electron chi connectivity index (χ3n) is 4.58. The van der Waals surface area contributed by atoms with E-state index in [2.05, 4.69) is 22.6 Å². The third-order valence-corrected chi connectivity index (χ3v) is 4.79. The van der Waals surface area contributed by atoms with E-state index in [1.807, 2.05) is 12.1 Å². The summed E-state index contributed by atoms with van der Waals surface area (Å²) >= 11 is 5.98. The van der Waals surface area contributed by atoms with E-state index in [1.165, 1.54) is 37.0 Å². The first-order chi connectivity index (χ1) is 9.77. The summed E-state index contributed by atoms with van der Waals surface area (Å²) < 4.78 is 0. The number of halogens is 1. The number of allylic oxidation sites excluding steroid dienone is 2. The fourth-order valence-corrected chi connectivity index (χ4v) is 3.76. The predicted octanol–water partition coefficient (Wildman–Crippen LogP) is 3.58. The average Bonchev–Trinajstić information content (AvgIpc) is 3.07. The van der Waals surface area contributed by atoms with E-state index < -0.39 is 0 Å². The normalized spacial score (nSPS) is 22.9. The van der Waals surface area contributed by atoms with E-state index in [-0.39, 0.29) is 5.41 Å². The van der Waals surface area contributed by atoms with E-state index in [4.69, 9.17) is 16.6 Å². The fraction of sp³-hybridized carbons (Fsp3) is 0.375. The van der Waals surface area contributed by atoms with Crippen molar-refractivity contribution in [1.82, 2.24) is 10.3 Å². The van der Waals surface area contributed by atoms with Gasteiger partial charge in [-0.3, -0.25) is 4.99 Å². The topological polar surface area (TPSA) is 37.3 Å². The molecule has 1 spiro atoms. The Morgan fingerprint density at radius 2 is 2.10 bits per heavy atom. The molecule has 20 heavy (non-hydrogen) atoms. The van der Waals surface area contributed by atoms with Crippen molar-refractivity contribution in [1.29, 1.82) is 0 Å². The average molecular weight is 286 g/mol. The quantitative estimate of drug-likeness (QED) is 0.801. The molecule has 3 heterocycles. The molecule has 3 aliphatic rings. The van der Waals surface area contributed by atoms with Gasteiger partial charge in [0.25, 0.3) is 0 Å². The Kier molecular flexibility index (Phi) is 2.71. The number of rotatable bonds is 1. The first-order valence-electron chi connectivity index (χ1n) is 7.14. The highest BCUT2D eigenvalue weighted by molar-refractivity contribution is 6.29. The van der Waals surface area contributed by atoms with Gasteiger partial charge >= 0.3 is 0 Å². The van der Waals surface area contributed by atoms with Gasteiger partial charge in [-0.05, 0) is 31.1 Å². The van der Waals surface area contributed by atoms with Gasteiger partial charge in [0, 0.05) is 35.5 Å². The lowest BCUT2D eigenvalue weighted by molar-refractivity contribution is 0.415. The maximum atomic E-state index is 5.98. The smallest absolute Gasteiger partial charge is 0.129 e. The number of aromatic nitrogens is 1. The summed E-state index contributed by atoms with van der Waals surface area (Å²) in [4.78, 5) is 8.98.